The number of ether oxygens (including phenoxy) is 3. The lowest BCUT2D eigenvalue weighted by Gasteiger charge is -2.45. The van der Waals surface area contributed by atoms with Crippen LogP contribution in [0.25, 0.3) is 10.9 Å². The molecule has 0 spiro atoms. The van der Waals surface area contributed by atoms with Gasteiger partial charge in [-0.25, -0.2) is 18.4 Å². The number of carboxylic acid groups (broad SMARTS) is 1. The number of para-hydroxylation sites is 1. The fourth-order valence-electron chi connectivity index (χ4n) is 6.24. The van der Waals surface area contributed by atoms with Crippen LogP contribution in [0.1, 0.15) is 43.1 Å². The van der Waals surface area contributed by atoms with Crippen molar-refractivity contribution in [1.29, 1.82) is 0 Å². The Bertz CT molecular complexity index is 1790. The molecule has 2 fully saturated rings. The number of amides is 2. The summed E-state index contributed by atoms with van der Waals surface area (Å²) in [5.41, 5.74) is -2.77. The molecule has 46 heavy (non-hydrogen) atoms. The van der Waals surface area contributed by atoms with E-state index >= 15 is 4.39 Å². The molecule has 2 saturated heterocycles. The summed E-state index contributed by atoms with van der Waals surface area (Å²) in [5, 5.41) is 24.0. The lowest BCUT2D eigenvalue weighted by Crippen LogP contribution is -2.61. The molecule has 3 aliphatic rings. The van der Waals surface area contributed by atoms with Crippen molar-refractivity contribution in [1.82, 2.24) is 14.8 Å². The molecule has 0 aliphatic carbocycles. The van der Waals surface area contributed by atoms with E-state index in [2.05, 4.69) is 5.32 Å². The maximum Gasteiger partial charge on any atom is 0.413 e. The van der Waals surface area contributed by atoms with Crippen molar-refractivity contribution in [2.75, 3.05) is 37.7 Å². The van der Waals surface area contributed by atoms with E-state index in [1.54, 1.807) is 16.4 Å². The second-order valence-corrected chi connectivity index (χ2v) is 11.8. The van der Waals surface area contributed by atoms with Crippen LogP contribution in [-0.2, 0) is 9.53 Å². The molecule has 0 bridgehead atoms. The second-order valence-electron chi connectivity index (χ2n) is 11.8. The number of piperidine rings is 1. The third kappa shape index (κ3) is 5.44. The minimum Gasteiger partial charge on any atom is -0.487 e. The number of benzene rings is 2. The number of anilines is 1. The Morgan fingerprint density at radius 1 is 1.17 bits per heavy atom. The number of aliphatic hydroxyl groups is 1. The molecular formula is C31H32F2N4O9. The third-order valence-electron chi connectivity index (χ3n) is 8.62. The number of rotatable bonds is 8. The number of aromatic nitrogens is 1. The Morgan fingerprint density at radius 3 is 2.57 bits per heavy atom. The topological polar surface area (TPSA) is 160 Å². The molecule has 6 rings (SSSR count). The van der Waals surface area contributed by atoms with Crippen LogP contribution in [0.4, 0.5) is 19.3 Å². The van der Waals surface area contributed by atoms with Crippen LogP contribution in [0.15, 0.2) is 41.3 Å². The van der Waals surface area contributed by atoms with Crippen LogP contribution >= 0.6 is 0 Å². The van der Waals surface area contributed by atoms with E-state index in [9.17, 15) is 33.8 Å². The third-order valence-corrected chi connectivity index (χ3v) is 8.62. The lowest BCUT2D eigenvalue weighted by atomic mass is 9.88. The van der Waals surface area contributed by atoms with E-state index in [-0.39, 0.29) is 85.7 Å². The maximum atomic E-state index is 15.8. The first-order chi connectivity index (χ1) is 21.9. The van der Waals surface area contributed by atoms with Crippen LogP contribution in [-0.4, -0.2) is 88.4 Å². The van der Waals surface area contributed by atoms with Crippen molar-refractivity contribution < 1.29 is 47.6 Å². The van der Waals surface area contributed by atoms with Crippen LogP contribution in [0.3, 0.4) is 0 Å². The lowest BCUT2D eigenvalue weighted by molar-refractivity contribution is -0.129. The highest BCUT2D eigenvalue weighted by molar-refractivity contribution is 5.97. The Balaban J connectivity index is 1.32. The highest BCUT2D eigenvalue weighted by atomic mass is 19.1. The number of carbonyl (C=O) groups is 3. The monoisotopic (exact) mass is 642 g/mol. The summed E-state index contributed by atoms with van der Waals surface area (Å²) >= 11 is 0. The Morgan fingerprint density at radius 2 is 1.89 bits per heavy atom. The zero-order chi connectivity index (χ0) is 32.9. The van der Waals surface area contributed by atoms with Gasteiger partial charge < -0.3 is 39.2 Å². The number of nitrogens with one attached hydrogen (secondary N) is 1. The van der Waals surface area contributed by atoms with Crippen molar-refractivity contribution in [2.45, 2.75) is 50.7 Å². The molecule has 3 N–H and O–H groups in total. The van der Waals surface area contributed by atoms with Gasteiger partial charge in [0.05, 0.1) is 30.0 Å². The second kappa shape index (κ2) is 11.8. The smallest absolute Gasteiger partial charge is 0.413 e. The molecule has 2 unspecified atom stereocenters. The van der Waals surface area contributed by atoms with E-state index in [0.717, 1.165) is 11.0 Å². The first kappa shape index (κ1) is 31.1. The summed E-state index contributed by atoms with van der Waals surface area (Å²) in [6.45, 7) is 3.23. The molecule has 244 valence electrons. The summed E-state index contributed by atoms with van der Waals surface area (Å²) in [4.78, 5) is 51.9. The van der Waals surface area contributed by atoms with Gasteiger partial charge in [-0.2, -0.15) is 0 Å². The molecule has 3 aromatic rings. The number of cyclic esters (lactones) is 1. The normalized spacial score (nSPS) is 21.0. The van der Waals surface area contributed by atoms with Gasteiger partial charge in [0, 0.05) is 26.2 Å². The molecule has 2 amide bonds. The number of carboxylic acids is 1. The van der Waals surface area contributed by atoms with Crippen LogP contribution in [0, 0.1) is 11.6 Å². The Kier molecular flexibility index (Phi) is 7.96. The summed E-state index contributed by atoms with van der Waals surface area (Å²) in [7, 11) is 0. The fraction of sp³-hybridized carbons (Fsp3) is 0.419. The SMILES string of the molecule is CC(=O)NC[C@H]1CN(C(Oc2ccccc2F)C2(O)CCN(c3c(F)cc4c(=O)c(C(=O)O)cn5c4c3OCC5C)CC2)C(=O)O1. The molecular weight excluding hydrogens is 610 g/mol. The molecule has 4 heterocycles. The zero-order valence-corrected chi connectivity index (χ0v) is 25.0. The van der Waals surface area contributed by atoms with Gasteiger partial charge in [-0.05, 0) is 38.0 Å². The predicted octanol–water partition coefficient (Wildman–Crippen LogP) is 2.62. The highest BCUT2D eigenvalue weighted by Gasteiger charge is 2.50. The number of hydrogen-bond acceptors (Lipinski definition) is 9. The van der Waals surface area contributed by atoms with Gasteiger partial charge in [0.2, 0.25) is 17.6 Å². The number of nitrogens with zero attached hydrogens (tertiary/aromatic N) is 3. The first-order valence-corrected chi connectivity index (χ1v) is 14.8. The summed E-state index contributed by atoms with van der Waals surface area (Å²) < 4.78 is 49.4. The average Bonchev–Trinajstić information content (AvgIpc) is 3.38. The molecule has 1 aromatic heterocycles. The van der Waals surface area contributed by atoms with Crippen molar-refractivity contribution in [2.24, 2.45) is 0 Å². The Labute approximate surface area is 260 Å². The molecule has 15 heteroatoms. The van der Waals surface area contributed by atoms with Crippen molar-refractivity contribution in [3.8, 4) is 11.5 Å². The van der Waals surface area contributed by atoms with Gasteiger partial charge in [-0.1, -0.05) is 12.1 Å². The summed E-state index contributed by atoms with van der Waals surface area (Å²) in [5.74, 6) is -3.39. The number of carbonyl (C=O) groups excluding carboxylic acids is 2. The van der Waals surface area contributed by atoms with E-state index in [4.69, 9.17) is 14.2 Å². The zero-order valence-electron chi connectivity index (χ0n) is 25.0. The maximum absolute atomic E-state index is 15.8. The quantitative estimate of drug-likeness (QED) is 0.333. The summed E-state index contributed by atoms with van der Waals surface area (Å²) in [6.07, 6.45) is -1.87. The fourth-order valence-corrected chi connectivity index (χ4v) is 6.24. The number of hydrogen-bond donors (Lipinski definition) is 3. The molecule has 3 aliphatic heterocycles. The van der Waals surface area contributed by atoms with Crippen LogP contribution in [0.2, 0.25) is 0 Å². The molecule has 13 nitrogen and oxygen atoms in total. The largest absolute Gasteiger partial charge is 0.487 e. The number of pyridine rings is 1. The average molecular weight is 643 g/mol. The molecule has 0 radical (unpaired) electrons. The first-order valence-electron chi connectivity index (χ1n) is 14.8. The molecule has 3 atom stereocenters. The van der Waals surface area contributed by atoms with E-state index < -0.39 is 52.6 Å². The minimum absolute atomic E-state index is 0.0257. The van der Waals surface area contributed by atoms with Gasteiger partial charge in [-0.15, -0.1) is 0 Å². The van der Waals surface area contributed by atoms with Crippen molar-refractivity contribution in [3.63, 3.8) is 0 Å². The predicted molar refractivity (Wildman–Crippen MR) is 158 cm³/mol. The highest BCUT2D eigenvalue weighted by Crippen LogP contribution is 2.44. The molecule has 0 saturated carbocycles. The van der Waals surface area contributed by atoms with Gasteiger partial charge in [-0.3, -0.25) is 14.5 Å². The van der Waals surface area contributed by atoms with Gasteiger partial charge in [0.1, 0.15) is 29.6 Å². The van der Waals surface area contributed by atoms with Crippen molar-refractivity contribution in [3.05, 3.63) is 63.9 Å². The Hall–Kier alpha value is -4.92. The van der Waals surface area contributed by atoms with E-state index in [0.29, 0.717) is 0 Å². The minimum atomic E-state index is -1.75. The number of halogens is 2. The van der Waals surface area contributed by atoms with Gasteiger partial charge in [0.25, 0.3) is 0 Å². The van der Waals surface area contributed by atoms with Crippen LogP contribution in [0.5, 0.6) is 11.5 Å². The standard InChI is InChI=1S/C31H32F2N4O9/c1-16-15-44-27-24-19(26(39)20(28(40)41)14-36(16)24)11-22(33)25(27)35-9-7-31(43,8-10-35)29(46-23-6-4-3-5-21(23)32)37-13-18(45-30(37)42)12-34-17(2)38/h3-6,11,14,16,18,29,43H,7-10,12-13,15H2,1-2H3,(H,34,38)(H,40,41)/t16?,18-,29?/m0/s1. The summed E-state index contributed by atoms with van der Waals surface area (Å²) in [6, 6.07) is 6.20. The number of aromatic carboxylic acids is 1. The van der Waals surface area contributed by atoms with E-state index in [1.807, 2.05) is 0 Å². The van der Waals surface area contributed by atoms with E-state index in [1.165, 1.54) is 37.4 Å². The van der Waals surface area contributed by atoms with Crippen molar-refractivity contribution >= 4 is 34.6 Å². The van der Waals surface area contributed by atoms with Crippen LogP contribution < -0.4 is 25.1 Å². The van der Waals surface area contributed by atoms with Gasteiger partial charge in [0.15, 0.2) is 23.1 Å². The van der Waals surface area contributed by atoms with Gasteiger partial charge >= 0.3 is 12.1 Å². The molecule has 2 aromatic carbocycles.